The molecule has 0 aliphatic rings. The number of hydrazine groups is 1. The third kappa shape index (κ3) is 2.93. The summed E-state index contributed by atoms with van der Waals surface area (Å²) in [5.74, 6) is 5.51. The second-order valence-electron chi connectivity index (χ2n) is 3.81. The van der Waals surface area contributed by atoms with Crippen molar-refractivity contribution in [3.05, 3.63) is 6.33 Å². The van der Waals surface area contributed by atoms with E-state index in [1.165, 1.54) is 18.1 Å². The van der Waals surface area contributed by atoms with Crippen molar-refractivity contribution in [2.75, 3.05) is 5.75 Å². The highest BCUT2D eigenvalue weighted by Crippen LogP contribution is 2.25. The lowest BCUT2D eigenvalue weighted by atomic mass is 9.96. The molecule has 0 saturated heterocycles. The van der Waals surface area contributed by atoms with Gasteiger partial charge in [0, 0.05) is 12.8 Å². The van der Waals surface area contributed by atoms with E-state index >= 15 is 0 Å². The Bertz CT molecular complexity index is 349. The number of rotatable bonds is 4. The Labute approximate surface area is 92.6 Å². The molecular formula is C8H15N5OS. The second kappa shape index (κ2) is 4.63. The highest BCUT2D eigenvalue weighted by molar-refractivity contribution is 7.99. The zero-order valence-electron chi connectivity index (χ0n) is 9.02. The molecule has 1 rings (SSSR count). The number of amides is 1. The van der Waals surface area contributed by atoms with Crippen LogP contribution in [-0.2, 0) is 11.8 Å². The van der Waals surface area contributed by atoms with Crippen molar-refractivity contribution in [3.8, 4) is 0 Å². The predicted octanol–water partition coefficient (Wildman–Crippen LogP) is -0.0767. The minimum absolute atomic E-state index is 0.183. The van der Waals surface area contributed by atoms with Gasteiger partial charge in [-0.15, -0.1) is 0 Å². The maximum absolute atomic E-state index is 11.4. The molecule has 6 nitrogen and oxygen atoms in total. The molecule has 1 aromatic heterocycles. The van der Waals surface area contributed by atoms with Crippen LogP contribution in [0.5, 0.6) is 0 Å². The van der Waals surface area contributed by atoms with Crippen molar-refractivity contribution in [3.63, 3.8) is 0 Å². The maximum Gasteiger partial charge on any atom is 0.240 e. The van der Waals surface area contributed by atoms with E-state index in [1.54, 1.807) is 4.68 Å². The first kappa shape index (κ1) is 12.0. The first-order valence-electron chi connectivity index (χ1n) is 4.45. The molecule has 0 fully saturated rings. The summed E-state index contributed by atoms with van der Waals surface area (Å²) in [5, 5.41) is 4.73. The summed E-state index contributed by atoms with van der Waals surface area (Å²) >= 11 is 1.48. The number of nitrogens with one attached hydrogen (secondary N) is 1. The number of aromatic nitrogens is 3. The Kier molecular flexibility index (Phi) is 3.70. The second-order valence-corrected chi connectivity index (χ2v) is 4.75. The average molecular weight is 229 g/mol. The highest BCUT2D eigenvalue weighted by Gasteiger charge is 2.27. The summed E-state index contributed by atoms with van der Waals surface area (Å²) in [7, 11) is 1.81. The Morgan fingerprint density at radius 3 is 2.87 bits per heavy atom. The van der Waals surface area contributed by atoms with Gasteiger partial charge in [0.2, 0.25) is 5.91 Å². The molecule has 7 heteroatoms. The molecule has 15 heavy (non-hydrogen) atoms. The van der Waals surface area contributed by atoms with Gasteiger partial charge in [-0.2, -0.15) is 5.10 Å². The van der Waals surface area contributed by atoms with Crippen molar-refractivity contribution < 1.29 is 4.79 Å². The van der Waals surface area contributed by atoms with Crippen LogP contribution in [0.25, 0.3) is 0 Å². The fourth-order valence-corrected chi connectivity index (χ4v) is 1.90. The Balaban J connectivity index is 2.57. The van der Waals surface area contributed by atoms with Gasteiger partial charge in [0.25, 0.3) is 0 Å². The molecule has 1 heterocycles. The number of carbonyl (C=O) groups is 1. The van der Waals surface area contributed by atoms with Gasteiger partial charge in [-0.05, 0) is 0 Å². The third-order valence-corrected chi connectivity index (χ3v) is 3.47. The number of hydrogen-bond donors (Lipinski definition) is 2. The summed E-state index contributed by atoms with van der Waals surface area (Å²) < 4.78 is 1.67. The number of hydrogen-bond acceptors (Lipinski definition) is 5. The number of thioether (sulfide) groups is 1. The smallest absolute Gasteiger partial charge is 0.240 e. The van der Waals surface area contributed by atoms with Crippen LogP contribution in [0.1, 0.15) is 13.8 Å². The molecular weight excluding hydrogens is 214 g/mol. The van der Waals surface area contributed by atoms with Crippen LogP contribution in [0.2, 0.25) is 0 Å². The van der Waals surface area contributed by atoms with E-state index in [4.69, 9.17) is 5.84 Å². The van der Waals surface area contributed by atoms with E-state index in [2.05, 4.69) is 15.5 Å². The monoisotopic (exact) mass is 229 g/mol. The number of carbonyl (C=O) groups excluding carboxylic acids is 1. The van der Waals surface area contributed by atoms with Gasteiger partial charge in [0.15, 0.2) is 5.16 Å². The lowest BCUT2D eigenvalue weighted by molar-refractivity contribution is -0.128. The van der Waals surface area contributed by atoms with Crippen LogP contribution in [0, 0.1) is 5.41 Å². The molecule has 0 radical (unpaired) electrons. The fourth-order valence-electron chi connectivity index (χ4n) is 0.922. The molecule has 0 aliphatic heterocycles. The van der Waals surface area contributed by atoms with Crippen LogP contribution < -0.4 is 11.3 Å². The number of nitrogens with two attached hydrogens (primary N) is 1. The molecule has 0 atom stereocenters. The highest BCUT2D eigenvalue weighted by atomic mass is 32.2. The summed E-state index contributed by atoms with van der Waals surface area (Å²) in [6, 6.07) is 0. The Hall–Kier alpha value is -1.08. The van der Waals surface area contributed by atoms with Crippen molar-refractivity contribution in [1.82, 2.24) is 20.2 Å². The number of nitrogens with zero attached hydrogens (tertiary/aromatic N) is 3. The molecule has 0 saturated carbocycles. The normalized spacial score (nSPS) is 11.5. The fraction of sp³-hybridized carbons (Fsp3) is 0.625. The minimum Gasteiger partial charge on any atom is -0.294 e. The quantitative estimate of drug-likeness (QED) is 0.326. The summed E-state index contributed by atoms with van der Waals surface area (Å²) in [5.41, 5.74) is 1.63. The van der Waals surface area contributed by atoms with E-state index < -0.39 is 5.41 Å². The third-order valence-electron chi connectivity index (χ3n) is 1.98. The van der Waals surface area contributed by atoms with E-state index in [1.807, 2.05) is 20.9 Å². The lowest BCUT2D eigenvalue weighted by Gasteiger charge is -2.20. The molecule has 3 N–H and O–H groups in total. The standard InChI is InChI=1S/C8H15N5OS/c1-8(2,6(14)12-9)4-15-7-10-5-11-13(7)3/h5H,4,9H2,1-3H3,(H,12,14). The lowest BCUT2D eigenvalue weighted by Crippen LogP contribution is -2.42. The summed E-state index contributed by atoms with van der Waals surface area (Å²) in [6.45, 7) is 3.66. The van der Waals surface area contributed by atoms with Crippen LogP contribution >= 0.6 is 11.8 Å². The molecule has 0 unspecified atom stereocenters. The molecule has 0 spiro atoms. The van der Waals surface area contributed by atoms with Gasteiger partial charge >= 0.3 is 0 Å². The van der Waals surface area contributed by atoms with Crippen molar-refractivity contribution >= 4 is 17.7 Å². The van der Waals surface area contributed by atoms with Crippen LogP contribution in [0.3, 0.4) is 0 Å². The first-order chi connectivity index (χ1) is 6.97. The molecule has 1 aromatic rings. The molecule has 0 aromatic carbocycles. The Morgan fingerprint density at radius 2 is 2.40 bits per heavy atom. The van der Waals surface area contributed by atoms with Crippen molar-refractivity contribution in [2.24, 2.45) is 18.3 Å². The minimum atomic E-state index is -0.522. The topological polar surface area (TPSA) is 85.8 Å². The van der Waals surface area contributed by atoms with E-state index in [9.17, 15) is 4.79 Å². The largest absolute Gasteiger partial charge is 0.294 e. The van der Waals surface area contributed by atoms with Crippen molar-refractivity contribution in [2.45, 2.75) is 19.0 Å². The molecule has 0 bridgehead atoms. The van der Waals surface area contributed by atoms with Crippen LogP contribution in [0.15, 0.2) is 11.5 Å². The predicted molar refractivity (Wildman–Crippen MR) is 57.8 cm³/mol. The van der Waals surface area contributed by atoms with E-state index in [0.717, 1.165) is 5.16 Å². The first-order valence-corrected chi connectivity index (χ1v) is 5.44. The maximum atomic E-state index is 11.4. The zero-order chi connectivity index (χ0) is 11.5. The average Bonchev–Trinajstić information content (AvgIpc) is 2.60. The molecule has 84 valence electrons. The van der Waals surface area contributed by atoms with Gasteiger partial charge in [-0.25, -0.2) is 15.5 Å². The van der Waals surface area contributed by atoms with Gasteiger partial charge in [0.05, 0.1) is 5.41 Å². The van der Waals surface area contributed by atoms with Crippen molar-refractivity contribution in [1.29, 1.82) is 0 Å². The van der Waals surface area contributed by atoms with Gasteiger partial charge in [-0.3, -0.25) is 10.2 Å². The number of aryl methyl sites for hydroxylation is 1. The summed E-state index contributed by atoms with van der Waals surface area (Å²) in [6.07, 6.45) is 1.48. The zero-order valence-corrected chi connectivity index (χ0v) is 9.84. The van der Waals surface area contributed by atoms with Gasteiger partial charge in [-0.1, -0.05) is 25.6 Å². The van der Waals surface area contributed by atoms with E-state index in [0.29, 0.717) is 5.75 Å². The SMILES string of the molecule is Cn1ncnc1SCC(C)(C)C(=O)NN. The summed E-state index contributed by atoms with van der Waals surface area (Å²) in [4.78, 5) is 15.4. The van der Waals surface area contributed by atoms with Crippen LogP contribution in [-0.4, -0.2) is 26.4 Å². The molecule has 1 amide bonds. The Morgan fingerprint density at radius 1 is 1.73 bits per heavy atom. The van der Waals surface area contributed by atoms with Crippen LogP contribution in [0.4, 0.5) is 0 Å². The van der Waals surface area contributed by atoms with E-state index in [-0.39, 0.29) is 5.91 Å². The van der Waals surface area contributed by atoms with Gasteiger partial charge < -0.3 is 0 Å². The molecule has 0 aliphatic carbocycles. The van der Waals surface area contributed by atoms with Gasteiger partial charge in [0.1, 0.15) is 6.33 Å².